The van der Waals surface area contributed by atoms with Crippen LogP contribution >= 0.6 is 0 Å². The Kier molecular flexibility index (Phi) is 7.60. The van der Waals surface area contributed by atoms with Crippen LogP contribution in [0.3, 0.4) is 0 Å². The lowest BCUT2D eigenvalue weighted by atomic mass is 10.2. The quantitative estimate of drug-likeness (QED) is 0.317. The Morgan fingerprint density at radius 1 is 0.861 bits per heavy atom. The van der Waals surface area contributed by atoms with E-state index in [1.807, 2.05) is 0 Å². The van der Waals surface area contributed by atoms with Gasteiger partial charge in [-0.05, 0) is 55.0 Å². The van der Waals surface area contributed by atoms with Crippen molar-refractivity contribution in [3.8, 4) is 0 Å². The Balaban J connectivity index is 2.34. The number of carbonyl (C=O) groups is 1. The van der Waals surface area contributed by atoms with E-state index in [1.165, 1.54) is 36.4 Å². The molecular formula is C24H20F3NO6S2. The number of hydrogen-bond donors (Lipinski definition) is 0. The van der Waals surface area contributed by atoms with Gasteiger partial charge in [0.25, 0.3) is 20.0 Å². The van der Waals surface area contributed by atoms with E-state index in [-0.39, 0.29) is 9.27 Å². The molecule has 36 heavy (non-hydrogen) atoms. The van der Waals surface area contributed by atoms with E-state index in [1.54, 1.807) is 13.0 Å². The molecule has 3 rings (SSSR count). The second-order valence-electron chi connectivity index (χ2n) is 7.46. The number of esters is 1. The van der Waals surface area contributed by atoms with Crippen molar-refractivity contribution in [2.24, 2.45) is 0 Å². The Bertz CT molecular complexity index is 1530. The largest absolute Gasteiger partial charge is 0.466 e. The lowest BCUT2D eigenvalue weighted by Gasteiger charge is -2.26. The number of aryl methyl sites for hydroxylation is 1. The van der Waals surface area contributed by atoms with Crippen LogP contribution in [0.25, 0.3) is 6.08 Å². The first-order chi connectivity index (χ1) is 16.8. The number of hydrogen-bond acceptors (Lipinski definition) is 6. The summed E-state index contributed by atoms with van der Waals surface area (Å²) in [5, 5.41) is 0. The zero-order valence-electron chi connectivity index (χ0n) is 18.9. The number of para-hydroxylation sites is 1. The van der Waals surface area contributed by atoms with Crippen LogP contribution in [0.2, 0.25) is 0 Å². The Morgan fingerprint density at radius 2 is 1.44 bits per heavy atom. The van der Waals surface area contributed by atoms with Gasteiger partial charge >= 0.3 is 12.1 Å². The predicted molar refractivity (Wildman–Crippen MR) is 127 cm³/mol. The van der Waals surface area contributed by atoms with Crippen LogP contribution in [0.5, 0.6) is 0 Å². The number of rotatable bonds is 7. The molecule has 3 aromatic carbocycles. The molecule has 0 saturated heterocycles. The van der Waals surface area contributed by atoms with Gasteiger partial charge in [-0.3, -0.25) is 0 Å². The molecule has 190 valence electrons. The summed E-state index contributed by atoms with van der Waals surface area (Å²) in [6.45, 7) is 1.59. The van der Waals surface area contributed by atoms with Gasteiger partial charge in [-0.1, -0.05) is 36.4 Å². The molecule has 0 fully saturated rings. The number of methoxy groups -OCH3 is 1. The van der Waals surface area contributed by atoms with E-state index < -0.39 is 53.2 Å². The number of anilines is 1. The van der Waals surface area contributed by atoms with Crippen LogP contribution in [0, 0.1) is 6.92 Å². The first-order valence-corrected chi connectivity index (χ1v) is 13.1. The van der Waals surface area contributed by atoms with Gasteiger partial charge < -0.3 is 4.74 Å². The molecule has 0 spiro atoms. The molecule has 0 aliphatic heterocycles. The second-order valence-corrected chi connectivity index (χ2v) is 11.3. The third-order valence-corrected chi connectivity index (χ3v) is 9.06. The monoisotopic (exact) mass is 539 g/mol. The molecule has 0 aliphatic carbocycles. The topological polar surface area (TPSA) is 97.8 Å². The van der Waals surface area contributed by atoms with Gasteiger partial charge in [-0.15, -0.1) is 0 Å². The van der Waals surface area contributed by atoms with Crippen molar-refractivity contribution in [1.82, 2.24) is 0 Å². The number of alkyl halides is 3. The Morgan fingerprint density at radius 3 is 2.03 bits per heavy atom. The van der Waals surface area contributed by atoms with Crippen LogP contribution < -0.4 is 3.71 Å². The maximum atomic E-state index is 13.7. The highest BCUT2D eigenvalue weighted by atomic mass is 32.3. The minimum Gasteiger partial charge on any atom is -0.466 e. The molecule has 0 radical (unpaired) electrons. The van der Waals surface area contributed by atoms with E-state index in [2.05, 4.69) is 4.74 Å². The molecule has 0 atom stereocenters. The molecule has 0 aromatic heterocycles. The van der Waals surface area contributed by atoms with Gasteiger partial charge in [-0.25, -0.2) is 21.6 Å². The smallest absolute Gasteiger partial charge is 0.416 e. The SMILES string of the molecule is COC(=O)/C=C/c1ccccc1N(S(=O)(=O)c1cccc(C)c1)S(=O)(=O)c1cccc(C(F)(F)F)c1. The zero-order valence-corrected chi connectivity index (χ0v) is 20.6. The molecule has 3 aromatic rings. The van der Waals surface area contributed by atoms with Crippen LogP contribution in [-0.2, 0) is 35.8 Å². The van der Waals surface area contributed by atoms with Crippen molar-refractivity contribution in [2.45, 2.75) is 22.9 Å². The van der Waals surface area contributed by atoms with Crippen molar-refractivity contribution >= 4 is 37.8 Å². The standard InChI is InChI=1S/C24H20F3NO6S2/c1-17-7-5-10-20(15-17)35(30,31)28(22-12-4-3-8-18(22)13-14-23(29)34-2)36(32,33)21-11-6-9-19(16-21)24(25,26)27/h3-16H,1-2H3/b14-13+. The molecular weight excluding hydrogens is 519 g/mol. The number of halogens is 3. The van der Waals surface area contributed by atoms with Crippen LogP contribution in [0.4, 0.5) is 18.9 Å². The minimum absolute atomic E-state index is 0.0188. The third kappa shape index (κ3) is 5.60. The molecule has 7 nitrogen and oxygen atoms in total. The summed E-state index contributed by atoms with van der Waals surface area (Å²) in [7, 11) is -8.89. The predicted octanol–water partition coefficient (Wildman–Crippen LogP) is 4.78. The average Bonchev–Trinajstić information content (AvgIpc) is 2.82. The first kappa shape index (κ1) is 27.0. The molecule has 0 aliphatic rings. The van der Waals surface area contributed by atoms with Crippen molar-refractivity contribution in [1.29, 1.82) is 0 Å². The average molecular weight is 540 g/mol. The summed E-state index contributed by atoms with van der Waals surface area (Å²) in [5.74, 6) is -0.793. The van der Waals surface area contributed by atoms with E-state index in [4.69, 9.17) is 0 Å². The fraction of sp³-hybridized carbons (Fsp3) is 0.125. The van der Waals surface area contributed by atoms with E-state index >= 15 is 0 Å². The van der Waals surface area contributed by atoms with Gasteiger partial charge in [0.05, 0.1) is 28.2 Å². The number of ether oxygens (including phenoxy) is 1. The van der Waals surface area contributed by atoms with Gasteiger partial charge in [0.1, 0.15) is 0 Å². The molecule has 0 amide bonds. The second kappa shape index (κ2) is 10.2. The Hall–Kier alpha value is -3.64. The maximum Gasteiger partial charge on any atom is 0.416 e. The fourth-order valence-corrected chi connectivity index (χ4v) is 7.10. The third-order valence-electron chi connectivity index (χ3n) is 4.92. The highest BCUT2D eigenvalue weighted by Crippen LogP contribution is 2.36. The number of carbonyl (C=O) groups excluding carboxylic acids is 1. The van der Waals surface area contributed by atoms with Crippen molar-refractivity contribution < 1.29 is 39.5 Å². The summed E-state index contributed by atoms with van der Waals surface area (Å²) < 4.78 is 99.5. The van der Waals surface area contributed by atoms with E-state index in [0.717, 1.165) is 37.5 Å². The van der Waals surface area contributed by atoms with Gasteiger partial charge in [0.2, 0.25) is 0 Å². The molecule has 0 saturated carbocycles. The van der Waals surface area contributed by atoms with Crippen LogP contribution in [0.1, 0.15) is 16.7 Å². The molecule has 0 unspecified atom stereocenters. The van der Waals surface area contributed by atoms with E-state index in [9.17, 15) is 34.8 Å². The highest BCUT2D eigenvalue weighted by Gasteiger charge is 2.39. The maximum absolute atomic E-state index is 13.7. The summed E-state index contributed by atoms with van der Waals surface area (Å²) in [4.78, 5) is 10.3. The number of benzene rings is 3. The normalized spacial score (nSPS) is 12.5. The molecule has 0 N–H and O–H groups in total. The molecule has 0 bridgehead atoms. The Labute approximate surface area is 206 Å². The van der Waals surface area contributed by atoms with Crippen molar-refractivity contribution in [3.05, 3.63) is 95.6 Å². The van der Waals surface area contributed by atoms with Crippen LogP contribution in [0.15, 0.2) is 88.7 Å². The summed E-state index contributed by atoms with van der Waals surface area (Å²) in [6, 6.07) is 13.5. The fourth-order valence-electron chi connectivity index (χ4n) is 3.21. The molecule has 12 heteroatoms. The van der Waals surface area contributed by atoms with Crippen LogP contribution in [-0.4, -0.2) is 29.9 Å². The van der Waals surface area contributed by atoms with Crippen molar-refractivity contribution in [3.63, 3.8) is 0 Å². The summed E-state index contributed by atoms with van der Waals surface area (Å²) in [6.07, 6.45) is -2.78. The summed E-state index contributed by atoms with van der Waals surface area (Å²) >= 11 is 0. The van der Waals surface area contributed by atoms with Gasteiger partial charge in [-0.2, -0.15) is 16.9 Å². The minimum atomic E-state index is -5.13. The van der Waals surface area contributed by atoms with Crippen molar-refractivity contribution in [2.75, 3.05) is 10.8 Å². The molecule has 0 heterocycles. The zero-order chi connectivity index (χ0) is 26.7. The number of nitrogens with zero attached hydrogens (tertiary/aromatic N) is 1. The van der Waals surface area contributed by atoms with Gasteiger partial charge in [0, 0.05) is 11.6 Å². The first-order valence-electron chi connectivity index (χ1n) is 10.2. The number of sulfonamides is 2. The lowest BCUT2D eigenvalue weighted by molar-refractivity contribution is -0.138. The summed E-state index contributed by atoms with van der Waals surface area (Å²) in [5.41, 5.74) is -1.19. The lowest BCUT2D eigenvalue weighted by Crippen LogP contribution is -2.37. The van der Waals surface area contributed by atoms with Gasteiger partial charge in [0.15, 0.2) is 0 Å². The van der Waals surface area contributed by atoms with E-state index in [0.29, 0.717) is 17.7 Å². The highest BCUT2D eigenvalue weighted by molar-refractivity contribution is 8.10.